The summed E-state index contributed by atoms with van der Waals surface area (Å²) in [7, 11) is -3.87. The summed E-state index contributed by atoms with van der Waals surface area (Å²) in [5, 5.41) is 11.6. The lowest BCUT2D eigenvalue weighted by atomic mass is 10.1. The van der Waals surface area contributed by atoms with Crippen LogP contribution in [0, 0.1) is 17.1 Å². The fourth-order valence-electron chi connectivity index (χ4n) is 2.39. The summed E-state index contributed by atoms with van der Waals surface area (Å²) in [5.41, 5.74) is 1.47. The van der Waals surface area contributed by atoms with Crippen LogP contribution >= 0.6 is 0 Å². The molecule has 8 heteroatoms. The highest BCUT2D eigenvalue weighted by Crippen LogP contribution is 2.18. The smallest absolute Gasteiger partial charge is 0.261 e. The third kappa shape index (κ3) is 4.52. The maximum Gasteiger partial charge on any atom is 0.261 e. The number of sulfonamides is 1. The first-order chi connectivity index (χ1) is 13.4. The maximum atomic E-state index is 13.0. The Morgan fingerprint density at radius 3 is 2.25 bits per heavy atom. The zero-order chi connectivity index (χ0) is 20.1. The molecule has 0 bridgehead atoms. The molecule has 2 N–H and O–H groups in total. The summed E-state index contributed by atoms with van der Waals surface area (Å²) >= 11 is 0. The molecule has 0 saturated heterocycles. The van der Waals surface area contributed by atoms with Crippen LogP contribution in [0.25, 0.3) is 0 Å². The van der Waals surface area contributed by atoms with Gasteiger partial charge < -0.3 is 5.32 Å². The van der Waals surface area contributed by atoms with Crippen molar-refractivity contribution in [1.29, 1.82) is 5.26 Å². The van der Waals surface area contributed by atoms with Gasteiger partial charge in [-0.25, -0.2) is 12.8 Å². The van der Waals surface area contributed by atoms with Gasteiger partial charge in [0.25, 0.3) is 15.9 Å². The summed E-state index contributed by atoms with van der Waals surface area (Å²) in [6.07, 6.45) is 0. The number of hydrogen-bond donors (Lipinski definition) is 2. The number of carbonyl (C=O) groups excluding carboxylic acids is 1. The Kier molecular flexibility index (Phi) is 5.38. The monoisotopic (exact) mass is 395 g/mol. The van der Waals surface area contributed by atoms with Crippen molar-refractivity contribution in [3.8, 4) is 6.07 Å². The van der Waals surface area contributed by atoms with Gasteiger partial charge in [-0.1, -0.05) is 6.07 Å². The van der Waals surface area contributed by atoms with Crippen molar-refractivity contribution in [3.05, 3.63) is 89.7 Å². The fraction of sp³-hybridized carbons (Fsp3) is 0. The Morgan fingerprint density at radius 1 is 0.929 bits per heavy atom. The van der Waals surface area contributed by atoms with E-state index in [1.165, 1.54) is 24.3 Å². The SMILES string of the molecule is N#Cc1cccc(NC(=O)c2ccc(NS(=O)(=O)c3ccc(F)cc3)cc2)c1. The molecular formula is C20H14FN3O3S. The van der Waals surface area contributed by atoms with Crippen molar-refractivity contribution in [2.24, 2.45) is 0 Å². The molecule has 0 aliphatic carbocycles. The predicted molar refractivity (Wildman–Crippen MR) is 103 cm³/mol. The van der Waals surface area contributed by atoms with Gasteiger partial charge in [0.2, 0.25) is 0 Å². The number of amides is 1. The Balaban J connectivity index is 1.71. The van der Waals surface area contributed by atoms with Crippen molar-refractivity contribution < 1.29 is 17.6 Å². The average Bonchev–Trinajstić information content (AvgIpc) is 2.68. The topological polar surface area (TPSA) is 99.1 Å². The van der Waals surface area contributed by atoms with Crippen LogP contribution < -0.4 is 10.0 Å². The number of nitrogens with one attached hydrogen (secondary N) is 2. The molecule has 1 amide bonds. The normalized spacial score (nSPS) is 10.7. The van der Waals surface area contributed by atoms with Crippen molar-refractivity contribution in [3.63, 3.8) is 0 Å². The van der Waals surface area contributed by atoms with Gasteiger partial charge in [-0.2, -0.15) is 5.26 Å². The maximum absolute atomic E-state index is 13.0. The largest absolute Gasteiger partial charge is 0.322 e. The zero-order valence-electron chi connectivity index (χ0n) is 14.4. The Bertz CT molecular complexity index is 1150. The van der Waals surface area contributed by atoms with Gasteiger partial charge in [0.1, 0.15) is 5.82 Å². The Hall–Kier alpha value is -3.70. The van der Waals surface area contributed by atoms with Gasteiger partial charge in [0.15, 0.2) is 0 Å². The fourth-order valence-corrected chi connectivity index (χ4v) is 3.45. The molecule has 3 rings (SSSR count). The molecular weight excluding hydrogens is 381 g/mol. The molecule has 3 aromatic rings. The van der Waals surface area contributed by atoms with E-state index in [2.05, 4.69) is 10.0 Å². The van der Waals surface area contributed by atoms with Crippen molar-refractivity contribution in [1.82, 2.24) is 0 Å². The van der Waals surface area contributed by atoms with Crippen LogP contribution in [0.3, 0.4) is 0 Å². The number of halogens is 1. The summed E-state index contributed by atoms with van der Waals surface area (Å²) in [5.74, 6) is -0.933. The number of nitrogens with zero attached hydrogens (tertiary/aromatic N) is 1. The second-order valence-electron chi connectivity index (χ2n) is 5.78. The minimum atomic E-state index is -3.87. The first-order valence-electron chi connectivity index (χ1n) is 8.07. The van der Waals surface area contributed by atoms with Crippen LogP contribution in [-0.4, -0.2) is 14.3 Å². The van der Waals surface area contributed by atoms with E-state index in [1.807, 2.05) is 6.07 Å². The molecule has 0 atom stereocenters. The number of hydrogen-bond acceptors (Lipinski definition) is 4. The summed E-state index contributed by atoms with van der Waals surface area (Å²) in [6, 6.07) is 18.7. The molecule has 0 aromatic heterocycles. The lowest BCUT2D eigenvalue weighted by Crippen LogP contribution is -2.14. The molecule has 0 unspecified atom stereocenters. The first kappa shape index (κ1) is 19.1. The number of rotatable bonds is 5. The van der Waals surface area contributed by atoms with Gasteiger partial charge in [0.05, 0.1) is 16.5 Å². The average molecular weight is 395 g/mol. The highest BCUT2D eigenvalue weighted by molar-refractivity contribution is 7.92. The van der Waals surface area contributed by atoms with Crippen LogP contribution in [0.5, 0.6) is 0 Å². The van der Waals surface area contributed by atoms with Gasteiger partial charge in [0, 0.05) is 16.9 Å². The number of carbonyl (C=O) groups is 1. The van der Waals surface area contributed by atoms with Crippen LogP contribution in [0.2, 0.25) is 0 Å². The third-order valence-corrected chi connectivity index (χ3v) is 5.17. The van der Waals surface area contributed by atoms with Crippen molar-refractivity contribution >= 4 is 27.3 Å². The molecule has 0 heterocycles. The Labute approximate surface area is 161 Å². The summed E-state index contributed by atoms with van der Waals surface area (Å²) < 4.78 is 39.9. The second kappa shape index (κ2) is 7.90. The quantitative estimate of drug-likeness (QED) is 0.687. The van der Waals surface area contributed by atoms with E-state index in [9.17, 15) is 17.6 Å². The summed E-state index contributed by atoms with van der Waals surface area (Å²) in [6.45, 7) is 0. The number of benzene rings is 3. The minimum Gasteiger partial charge on any atom is -0.322 e. The van der Waals surface area contributed by atoms with E-state index >= 15 is 0 Å². The third-order valence-electron chi connectivity index (χ3n) is 3.77. The Morgan fingerprint density at radius 2 is 1.61 bits per heavy atom. The molecule has 0 aliphatic rings. The standard InChI is InChI=1S/C20H14FN3O3S/c21-16-6-10-19(11-7-16)28(26,27)24-17-8-4-15(5-9-17)20(25)23-18-3-1-2-14(12-18)13-22/h1-12,24H,(H,23,25). The van der Waals surface area contributed by atoms with Crippen molar-refractivity contribution in [2.75, 3.05) is 10.0 Å². The molecule has 0 fully saturated rings. The molecule has 3 aromatic carbocycles. The molecule has 0 spiro atoms. The lowest BCUT2D eigenvalue weighted by molar-refractivity contribution is 0.102. The van der Waals surface area contributed by atoms with Crippen LogP contribution in [0.15, 0.2) is 77.7 Å². The molecule has 28 heavy (non-hydrogen) atoms. The van der Waals surface area contributed by atoms with Crippen LogP contribution in [0.1, 0.15) is 15.9 Å². The van der Waals surface area contributed by atoms with Crippen molar-refractivity contribution in [2.45, 2.75) is 4.90 Å². The van der Waals surface area contributed by atoms with E-state index in [-0.39, 0.29) is 10.6 Å². The first-order valence-corrected chi connectivity index (χ1v) is 9.56. The number of anilines is 2. The molecule has 0 radical (unpaired) electrons. The van der Waals surface area contributed by atoms with Gasteiger partial charge in [-0.3, -0.25) is 9.52 Å². The minimum absolute atomic E-state index is 0.0758. The second-order valence-corrected chi connectivity index (χ2v) is 7.47. The van der Waals surface area contributed by atoms with E-state index in [4.69, 9.17) is 5.26 Å². The number of nitriles is 1. The lowest BCUT2D eigenvalue weighted by Gasteiger charge is -2.09. The molecule has 6 nitrogen and oxygen atoms in total. The molecule has 0 aliphatic heterocycles. The highest BCUT2D eigenvalue weighted by atomic mass is 32.2. The zero-order valence-corrected chi connectivity index (χ0v) is 15.2. The predicted octanol–water partition coefficient (Wildman–Crippen LogP) is 3.75. The van der Waals surface area contributed by atoms with Gasteiger partial charge >= 0.3 is 0 Å². The van der Waals surface area contributed by atoms with Crippen LogP contribution in [0.4, 0.5) is 15.8 Å². The van der Waals surface area contributed by atoms with Gasteiger partial charge in [-0.15, -0.1) is 0 Å². The van der Waals surface area contributed by atoms with Crippen LogP contribution in [-0.2, 0) is 10.0 Å². The van der Waals surface area contributed by atoms with E-state index in [1.54, 1.807) is 24.3 Å². The highest BCUT2D eigenvalue weighted by Gasteiger charge is 2.14. The van der Waals surface area contributed by atoms with E-state index < -0.39 is 21.7 Å². The van der Waals surface area contributed by atoms with E-state index in [0.717, 1.165) is 24.3 Å². The van der Waals surface area contributed by atoms with E-state index in [0.29, 0.717) is 16.8 Å². The summed E-state index contributed by atoms with van der Waals surface area (Å²) in [4.78, 5) is 12.2. The molecule has 140 valence electrons. The molecule has 0 saturated carbocycles. The van der Waals surface area contributed by atoms with Gasteiger partial charge in [-0.05, 0) is 66.7 Å².